The normalized spacial score (nSPS) is 10.8. The van der Waals surface area contributed by atoms with Gasteiger partial charge in [0.05, 0.1) is 17.1 Å². The zero-order valence-electron chi connectivity index (χ0n) is 8.81. The minimum absolute atomic E-state index is 0.576. The van der Waals surface area contributed by atoms with Crippen LogP contribution in [0.25, 0.3) is 16.4 Å². The highest BCUT2D eigenvalue weighted by atomic mass is 79.9. The molecule has 0 radical (unpaired) electrons. The average Bonchev–Trinajstić information content (AvgIpc) is 2.66. The molecule has 1 aromatic carbocycles. The van der Waals surface area contributed by atoms with Gasteiger partial charge in [0.25, 0.3) is 0 Å². The number of aromatic nitrogens is 1. The molecule has 0 aliphatic carbocycles. The van der Waals surface area contributed by atoms with Gasteiger partial charge in [0, 0.05) is 15.4 Å². The van der Waals surface area contributed by atoms with Crippen LogP contribution in [-0.4, -0.2) is 4.40 Å². The lowest BCUT2D eigenvalue weighted by atomic mass is 10.2. The van der Waals surface area contributed by atoms with Crippen LogP contribution in [0.15, 0.2) is 40.9 Å². The van der Waals surface area contributed by atoms with E-state index in [1.165, 1.54) is 0 Å². The number of benzene rings is 1. The third-order valence-electron chi connectivity index (χ3n) is 2.79. The van der Waals surface area contributed by atoms with Crippen molar-refractivity contribution >= 4 is 38.2 Å². The topological polar surface area (TPSA) is 54.2 Å². The fourth-order valence-electron chi connectivity index (χ4n) is 2.08. The molecule has 0 fully saturated rings. The number of anilines is 1. The molecule has 0 bridgehead atoms. The van der Waals surface area contributed by atoms with Crippen molar-refractivity contribution in [3.05, 3.63) is 46.4 Å². The summed E-state index contributed by atoms with van der Waals surface area (Å²) in [4.78, 5) is 0. The van der Waals surface area contributed by atoms with E-state index in [0.717, 1.165) is 20.9 Å². The molecular weight excluding hydrogens is 278 g/mol. The van der Waals surface area contributed by atoms with E-state index in [-0.39, 0.29) is 0 Å². The Kier molecular flexibility index (Phi) is 2.10. The van der Waals surface area contributed by atoms with E-state index in [9.17, 15) is 0 Å². The minimum atomic E-state index is 0.576. The molecule has 82 valence electrons. The van der Waals surface area contributed by atoms with Crippen molar-refractivity contribution in [2.24, 2.45) is 0 Å². The van der Waals surface area contributed by atoms with E-state index in [2.05, 4.69) is 22.0 Å². The molecule has 0 aliphatic heterocycles. The predicted molar refractivity (Wildman–Crippen MR) is 71.7 cm³/mol. The zero-order chi connectivity index (χ0) is 12.0. The number of fused-ring (bicyclic) bond motifs is 3. The first-order valence-corrected chi connectivity index (χ1v) is 5.89. The molecule has 17 heavy (non-hydrogen) atoms. The van der Waals surface area contributed by atoms with Crippen LogP contribution in [0.5, 0.6) is 0 Å². The summed E-state index contributed by atoms with van der Waals surface area (Å²) in [6.07, 6.45) is 0. The summed E-state index contributed by atoms with van der Waals surface area (Å²) in [6, 6.07) is 13.7. The number of nitriles is 1. The Labute approximate surface area is 106 Å². The van der Waals surface area contributed by atoms with E-state index < -0.39 is 0 Å². The van der Waals surface area contributed by atoms with E-state index in [1.807, 2.05) is 34.7 Å². The smallest absolute Gasteiger partial charge is 0.109 e. The van der Waals surface area contributed by atoms with Crippen molar-refractivity contribution in [2.75, 3.05) is 5.73 Å². The van der Waals surface area contributed by atoms with E-state index >= 15 is 0 Å². The second-order valence-corrected chi connectivity index (χ2v) is 4.80. The van der Waals surface area contributed by atoms with Crippen LogP contribution in [0.2, 0.25) is 0 Å². The zero-order valence-corrected chi connectivity index (χ0v) is 10.4. The Balaban J connectivity index is 2.54. The lowest BCUT2D eigenvalue weighted by Crippen LogP contribution is -1.97. The Bertz CT molecular complexity index is 781. The molecule has 3 nitrogen and oxygen atoms in total. The summed E-state index contributed by atoms with van der Waals surface area (Å²) in [6.45, 7) is 0. The fraction of sp³-hybridized carbons (Fsp3) is 0. The number of nitrogen functional groups attached to an aromatic ring is 1. The number of hydrogen-bond acceptors (Lipinski definition) is 2. The maximum Gasteiger partial charge on any atom is 0.109 e. The summed E-state index contributed by atoms with van der Waals surface area (Å²) >= 11 is 3.45. The predicted octanol–water partition coefficient (Wildman–Crippen LogP) is 3.31. The number of hydrogen-bond donors (Lipinski definition) is 1. The van der Waals surface area contributed by atoms with Gasteiger partial charge in [0.1, 0.15) is 5.82 Å². The van der Waals surface area contributed by atoms with Crippen molar-refractivity contribution < 1.29 is 0 Å². The molecule has 2 N–H and O–H groups in total. The summed E-state index contributed by atoms with van der Waals surface area (Å²) in [7, 11) is 0. The Morgan fingerprint density at radius 2 is 2.00 bits per heavy atom. The molecule has 0 spiro atoms. The lowest BCUT2D eigenvalue weighted by molar-refractivity contribution is 1.25. The molecule has 0 unspecified atom stereocenters. The third kappa shape index (κ3) is 1.48. The largest absolute Gasteiger partial charge is 0.385 e. The molecule has 4 heteroatoms. The van der Waals surface area contributed by atoms with Crippen molar-refractivity contribution in [2.45, 2.75) is 0 Å². The van der Waals surface area contributed by atoms with Gasteiger partial charge < -0.3 is 5.73 Å². The first-order valence-electron chi connectivity index (χ1n) is 5.09. The van der Waals surface area contributed by atoms with Gasteiger partial charge >= 0.3 is 0 Å². The average molecular weight is 286 g/mol. The van der Waals surface area contributed by atoms with Crippen LogP contribution in [0.4, 0.5) is 5.82 Å². The Hall–Kier alpha value is -1.99. The van der Waals surface area contributed by atoms with Crippen LogP contribution in [-0.2, 0) is 0 Å². The molecule has 3 rings (SSSR count). The van der Waals surface area contributed by atoms with Crippen LogP contribution >= 0.6 is 15.9 Å². The van der Waals surface area contributed by atoms with Crippen LogP contribution in [0, 0.1) is 11.3 Å². The SMILES string of the molecule is N#Cc1cc(N)n2c(c1)cc1ccc(Br)cc12. The van der Waals surface area contributed by atoms with Crippen LogP contribution in [0.3, 0.4) is 0 Å². The first kappa shape index (κ1) is 10.2. The van der Waals surface area contributed by atoms with Gasteiger partial charge in [0.15, 0.2) is 0 Å². The van der Waals surface area contributed by atoms with Gasteiger partial charge in [-0.2, -0.15) is 5.26 Å². The Morgan fingerprint density at radius 1 is 1.18 bits per heavy atom. The van der Waals surface area contributed by atoms with Gasteiger partial charge in [-0.3, -0.25) is 4.40 Å². The van der Waals surface area contributed by atoms with Gasteiger partial charge in [-0.25, -0.2) is 0 Å². The second kappa shape index (κ2) is 3.51. The van der Waals surface area contributed by atoms with Crippen molar-refractivity contribution in [3.63, 3.8) is 0 Å². The van der Waals surface area contributed by atoms with E-state index in [1.54, 1.807) is 6.07 Å². The molecule has 3 aromatic rings. The molecular formula is C13H8BrN3. The standard InChI is InChI=1S/C13H8BrN3/c14-10-2-1-9-5-11-3-8(7-15)4-13(16)17(11)12(9)6-10/h1-6H,16H2. The quantitative estimate of drug-likeness (QED) is 0.689. The molecule has 2 aromatic heterocycles. The van der Waals surface area contributed by atoms with Gasteiger partial charge in [0.2, 0.25) is 0 Å². The molecule has 0 saturated heterocycles. The minimum Gasteiger partial charge on any atom is -0.385 e. The number of nitrogens with zero attached hydrogens (tertiary/aromatic N) is 2. The lowest BCUT2D eigenvalue weighted by Gasteiger charge is -2.03. The number of pyridine rings is 1. The van der Waals surface area contributed by atoms with Crippen molar-refractivity contribution in [1.82, 2.24) is 4.40 Å². The highest BCUT2D eigenvalue weighted by Crippen LogP contribution is 2.26. The van der Waals surface area contributed by atoms with Crippen LogP contribution < -0.4 is 5.73 Å². The molecule has 2 heterocycles. The second-order valence-electron chi connectivity index (χ2n) is 3.89. The van der Waals surface area contributed by atoms with Crippen LogP contribution in [0.1, 0.15) is 5.56 Å². The summed E-state index contributed by atoms with van der Waals surface area (Å²) in [5.74, 6) is 0.576. The molecule has 0 amide bonds. The van der Waals surface area contributed by atoms with Gasteiger partial charge in [-0.1, -0.05) is 22.0 Å². The number of nitrogens with two attached hydrogens (primary N) is 1. The van der Waals surface area contributed by atoms with Gasteiger partial charge in [-0.05, 0) is 30.3 Å². The van der Waals surface area contributed by atoms with Crippen molar-refractivity contribution in [3.8, 4) is 6.07 Å². The highest BCUT2D eigenvalue weighted by molar-refractivity contribution is 9.10. The maximum absolute atomic E-state index is 8.92. The third-order valence-corrected chi connectivity index (χ3v) is 3.28. The van der Waals surface area contributed by atoms with Crippen molar-refractivity contribution in [1.29, 1.82) is 5.26 Å². The molecule has 0 atom stereocenters. The summed E-state index contributed by atoms with van der Waals surface area (Å²) in [5.41, 5.74) is 8.55. The van der Waals surface area contributed by atoms with Gasteiger partial charge in [-0.15, -0.1) is 0 Å². The number of rotatable bonds is 0. The fourth-order valence-corrected chi connectivity index (χ4v) is 2.43. The number of halogens is 1. The molecule has 0 saturated carbocycles. The van der Waals surface area contributed by atoms with E-state index in [4.69, 9.17) is 11.0 Å². The monoisotopic (exact) mass is 285 g/mol. The summed E-state index contributed by atoms with van der Waals surface area (Å²) in [5, 5.41) is 10.0. The first-order chi connectivity index (χ1) is 8.19. The summed E-state index contributed by atoms with van der Waals surface area (Å²) < 4.78 is 2.95. The van der Waals surface area contributed by atoms with E-state index in [0.29, 0.717) is 11.4 Å². The maximum atomic E-state index is 8.92. The Morgan fingerprint density at radius 3 is 2.76 bits per heavy atom. The highest BCUT2D eigenvalue weighted by Gasteiger charge is 2.07. The molecule has 0 aliphatic rings.